The smallest absolute Gasteiger partial charge is 0.233 e. The molecule has 2 aromatic carbocycles. The summed E-state index contributed by atoms with van der Waals surface area (Å²) in [5, 5.41) is 3.70. The monoisotopic (exact) mass is 378 g/mol. The Kier molecular flexibility index (Phi) is 4.48. The van der Waals surface area contributed by atoms with Crippen molar-refractivity contribution < 1.29 is 9.53 Å². The lowest BCUT2D eigenvalue weighted by Crippen LogP contribution is -2.37. The highest BCUT2D eigenvalue weighted by Gasteiger charge is 2.49. The van der Waals surface area contributed by atoms with Gasteiger partial charge in [-0.3, -0.25) is 4.79 Å². The maximum absolute atomic E-state index is 13.4. The summed E-state index contributed by atoms with van der Waals surface area (Å²) in [4.78, 5) is 18.8. The van der Waals surface area contributed by atoms with Crippen molar-refractivity contribution in [3.8, 4) is 5.75 Å². The van der Waals surface area contributed by atoms with Crippen LogP contribution in [0.4, 0.5) is 5.13 Å². The fourth-order valence-electron chi connectivity index (χ4n) is 4.03. The molecular formula is C22H22N2O2S. The van der Waals surface area contributed by atoms with Crippen molar-refractivity contribution in [3.63, 3.8) is 0 Å². The number of aromatic nitrogens is 1. The van der Waals surface area contributed by atoms with Gasteiger partial charge in [0.25, 0.3) is 0 Å². The van der Waals surface area contributed by atoms with Crippen molar-refractivity contribution in [1.82, 2.24) is 4.98 Å². The van der Waals surface area contributed by atoms with Gasteiger partial charge in [-0.2, -0.15) is 0 Å². The molecule has 0 unspecified atom stereocenters. The first kappa shape index (κ1) is 17.7. The van der Waals surface area contributed by atoms with Gasteiger partial charge in [0.05, 0.1) is 12.5 Å². The van der Waals surface area contributed by atoms with Crippen LogP contribution in [-0.2, 0) is 11.2 Å². The van der Waals surface area contributed by atoms with Gasteiger partial charge in [0.15, 0.2) is 5.13 Å². The number of anilines is 1. The number of hydrogen-bond acceptors (Lipinski definition) is 4. The number of benzene rings is 2. The molecule has 5 heteroatoms. The minimum atomic E-state index is -0.602. The van der Waals surface area contributed by atoms with Crippen molar-refractivity contribution in [2.24, 2.45) is 5.41 Å². The normalized spacial score (nSPS) is 20.9. The molecule has 0 fully saturated rings. The molecule has 4 rings (SSSR count). The van der Waals surface area contributed by atoms with Crippen LogP contribution < -0.4 is 10.1 Å². The number of hydrogen-bond donors (Lipinski definition) is 1. The summed E-state index contributed by atoms with van der Waals surface area (Å²) in [6, 6.07) is 16.4. The number of methoxy groups -OCH3 is 1. The topological polar surface area (TPSA) is 51.2 Å². The van der Waals surface area contributed by atoms with E-state index in [0.717, 1.165) is 21.8 Å². The van der Waals surface area contributed by atoms with Crippen LogP contribution in [-0.4, -0.2) is 18.0 Å². The van der Waals surface area contributed by atoms with Crippen LogP contribution in [0.2, 0.25) is 0 Å². The third kappa shape index (κ3) is 3.12. The first-order valence-corrected chi connectivity index (χ1v) is 9.78. The molecule has 1 aliphatic rings. The summed E-state index contributed by atoms with van der Waals surface area (Å²) in [6.45, 7) is 4.03. The zero-order chi connectivity index (χ0) is 19.0. The predicted molar refractivity (Wildman–Crippen MR) is 109 cm³/mol. The van der Waals surface area contributed by atoms with Crippen LogP contribution >= 0.6 is 11.3 Å². The van der Waals surface area contributed by atoms with E-state index in [0.29, 0.717) is 11.6 Å². The van der Waals surface area contributed by atoms with Crippen LogP contribution in [0, 0.1) is 12.3 Å². The van der Waals surface area contributed by atoms with Crippen LogP contribution in [0.15, 0.2) is 54.7 Å². The number of aryl methyl sites for hydroxylation is 1. The Morgan fingerprint density at radius 1 is 1.26 bits per heavy atom. The van der Waals surface area contributed by atoms with E-state index in [9.17, 15) is 4.79 Å². The maximum atomic E-state index is 13.4. The second-order valence-corrected chi connectivity index (χ2v) is 8.47. The number of ether oxygens (including phenoxy) is 1. The van der Waals surface area contributed by atoms with Crippen LogP contribution in [0.1, 0.15) is 34.4 Å². The van der Waals surface area contributed by atoms with E-state index < -0.39 is 5.41 Å². The second kappa shape index (κ2) is 6.82. The highest BCUT2D eigenvalue weighted by molar-refractivity contribution is 7.15. The Hall–Kier alpha value is -2.66. The van der Waals surface area contributed by atoms with Gasteiger partial charge in [-0.05, 0) is 49.1 Å². The average Bonchev–Trinajstić information content (AvgIpc) is 3.22. The van der Waals surface area contributed by atoms with Gasteiger partial charge in [-0.1, -0.05) is 36.4 Å². The minimum Gasteiger partial charge on any atom is -0.497 e. The lowest BCUT2D eigenvalue weighted by Gasteiger charge is -2.31. The lowest BCUT2D eigenvalue weighted by molar-refractivity contribution is -0.125. The first-order chi connectivity index (χ1) is 13.0. The fraction of sp³-hybridized carbons (Fsp3) is 0.273. The Labute approximate surface area is 163 Å². The van der Waals surface area contributed by atoms with Crippen molar-refractivity contribution in [3.05, 3.63) is 76.3 Å². The van der Waals surface area contributed by atoms with Gasteiger partial charge in [-0.15, -0.1) is 11.3 Å². The van der Waals surface area contributed by atoms with Crippen LogP contribution in [0.5, 0.6) is 5.75 Å². The molecule has 0 bridgehead atoms. The second-order valence-electron chi connectivity index (χ2n) is 7.23. The molecular weight excluding hydrogens is 356 g/mol. The molecule has 1 aromatic heterocycles. The van der Waals surface area contributed by atoms with Crippen LogP contribution in [0.3, 0.4) is 0 Å². The molecule has 138 valence electrons. The summed E-state index contributed by atoms with van der Waals surface area (Å²) in [5.41, 5.74) is 2.89. The molecule has 0 saturated heterocycles. The van der Waals surface area contributed by atoms with E-state index >= 15 is 0 Å². The maximum Gasteiger partial charge on any atom is 0.233 e. The number of fused-ring (bicyclic) bond motifs is 1. The van der Waals surface area contributed by atoms with Crippen molar-refractivity contribution in [2.75, 3.05) is 12.4 Å². The Morgan fingerprint density at radius 2 is 2.04 bits per heavy atom. The first-order valence-electron chi connectivity index (χ1n) is 8.97. The lowest BCUT2D eigenvalue weighted by atomic mass is 9.73. The molecule has 1 heterocycles. The summed E-state index contributed by atoms with van der Waals surface area (Å²) in [6.07, 6.45) is 2.47. The SMILES string of the molecule is COc1ccc2c(c1)[C@@H](c1ccccc1)[C@@](C)(C(=O)Nc1ncc(C)s1)C2. The zero-order valence-electron chi connectivity index (χ0n) is 15.7. The molecule has 4 nitrogen and oxygen atoms in total. The zero-order valence-corrected chi connectivity index (χ0v) is 16.5. The Balaban J connectivity index is 1.77. The number of thiazole rings is 1. The number of carbonyl (C=O) groups is 1. The number of nitrogens with one attached hydrogen (secondary N) is 1. The summed E-state index contributed by atoms with van der Waals surface area (Å²) >= 11 is 1.50. The van der Waals surface area contributed by atoms with Gasteiger partial charge in [0.1, 0.15) is 5.75 Å². The highest BCUT2D eigenvalue weighted by atomic mass is 32.1. The molecule has 0 aliphatic heterocycles. The van der Waals surface area contributed by atoms with Gasteiger partial charge in [-0.25, -0.2) is 4.98 Å². The molecule has 3 aromatic rings. The summed E-state index contributed by atoms with van der Waals surface area (Å²) < 4.78 is 5.44. The quantitative estimate of drug-likeness (QED) is 0.710. The molecule has 27 heavy (non-hydrogen) atoms. The van der Waals surface area contributed by atoms with E-state index in [1.807, 2.05) is 38.1 Å². The number of carbonyl (C=O) groups excluding carboxylic acids is 1. The van der Waals surface area contributed by atoms with Crippen molar-refractivity contribution in [1.29, 1.82) is 0 Å². The minimum absolute atomic E-state index is 0.000805. The Morgan fingerprint density at radius 3 is 2.70 bits per heavy atom. The van der Waals surface area contributed by atoms with Gasteiger partial charge < -0.3 is 10.1 Å². The van der Waals surface area contributed by atoms with E-state index in [-0.39, 0.29) is 11.8 Å². The Bertz CT molecular complexity index is 983. The van der Waals surface area contributed by atoms with E-state index in [1.165, 1.54) is 16.9 Å². The molecule has 1 amide bonds. The molecule has 0 saturated carbocycles. The summed E-state index contributed by atoms with van der Waals surface area (Å²) in [5.74, 6) is 0.778. The standard InChI is InChI=1S/C22H22N2O2S/c1-14-13-23-21(27-14)24-20(25)22(2)12-16-9-10-17(26-3)11-18(16)19(22)15-7-5-4-6-8-15/h4-11,13,19H,12H2,1-3H3,(H,23,24,25)/t19-,22+/m1/s1. The average molecular weight is 378 g/mol. The van der Waals surface area contributed by atoms with Crippen LogP contribution in [0.25, 0.3) is 0 Å². The molecule has 0 spiro atoms. The predicted octanol–water partition coefficient (Wildman–Crippen LogP) is 4.79. The molecule has 0 radical (unpaired) electrons. The van der Waals surface area contributed by atoms with E-state index in [4.69, 9.17) is 4.74 Å². The highest BCUT2D eigenvalue weighted by Crippen LogP contribution is 2.52. The summed E-state index contributed by atoms with van der Waals surface area (Å²) in [7, 11) is 1.67. The van der Waals surface area contributed by atoms with Gasteiger partial charge >= 0.3 is 0 Å². The molecule has 2 atom stereocenters. The molecule has 1 aliphatic carbocycles. The number of amides is 1. The largest absolute Gasteiger partial charge is 0.497 e. The van der Waals surface area contributed by atoms with E-state index in [1.54, 1.807) is 13.3 Å². The van der Waals surface area contributed by atoms with Crippen molar-refractivity contribution in [2.45, 2.75) is 26.2 Å². The van der Waals surface area contributed by atoms with Gasteiger partial charge in [0, 0.05) is 17.0 Å². The van der Waals surface area contributed by atoms with E-state index in [2.05, 4.69) is 34.6 Å². The van der Waals surface area contributed by atoms with Gasteiger partial charge in [0.2, 0.25) is 5.91 Å². The van der Waals surface area contributed by atoms with Crippen molar-refractivity contribution >= 4 is 22.4 Å². The number of nitrogens with zero attached hydrogens (tertiary/aromatic N) is 1. The number of rotatable bonds is 4. The third-order valence-electron chi connectivity index (χ3n) is 5.35. The fourth-order valence-corrected chi connectivity index (χ4v) is 4.69. The third-order valence-corrected chi connectivity index (χ3v) is 6.18. The molecule has 1 N–H and O–H groups in total.